The minimum Gasteiger partial charge on any atom is -0.485 e. The van der Waals surface area contributed by atoms with Crippen LogP contribution in [0.15, 0.2) is 34.6 Å². The third kappa shape index (κ3) is 7.62. The van der Waals surface area contributed by atoms with Gasteiger partial charge in [-0.15, -0.1) is 0 Å². The summed E-state index contributed by atoms with van der Waals surface area (Å²) < 4.78 is 13.7. The largest absolute Gasteiger partial charge is 0.485 e. The summed E-state index contributed by atoms with van der Waals surface area (Å²) in [4.78, 5) is 24.5. The number of nitro groups is 1. The molecule has 0 aliphatic heterocycles. The molecule has 0 radical (unpaired) electrons. The highest BCUT2D eigenvalue weighted by molar-refractivity contribution is 5.89. The van der Waals surface area contributed by atoms with E-state index in [1.807, 2.05) is 19.9 Å². The zero-order chi connectivity index (χ0) is 24.2. The zero-order valence-corrected chi connectivity index (χ0v) is 20.5. The molecule has 0 aliphatic rings. The average molecular weight is 459 g/mol. The van der Waals surface area contributed by atoms with E-state index in [2.05, 4.69) is 13.8 Å². The predicted octanol–water partition coefficient (Wildman–Crippen LogP) is 6.79. The molecule has 1 aromatic carbocycles. The van der Waals surface area contributed by atoms with Crippen LogP contribution in [0.3, 0.4) is 0 Å². The highest BCUT2D eigenvalue weighted by Gasteiger charge is 2.21. The van der Waals surface area contributed by atoms with Crippen LogP contribution in [0.25, 0.3) is 10.9 Å². The van der Waals surface area contributed by atoms with E-state index in [0.717, 1.165) is 56.9 Å². The minimum absolute atomic E-state index is 0.0484. The van der Waals surface area contributed by atoms with Crippen LogP contribution in [0.1, 0.15) is 79.1 Å². The van der Waals surface area contributed by atoms with Crippen molar-refractivity contribution in [2.24, 2.45) is 0 Å². The number of benzene rings is 1. The Morgan fingerprint density at radius 2 is 1.70 bits per heavy atom. The average Bonchev–Trinajstić information content (AvgIpc) is 2.78. The molecule has 0 spiro atoms. The normalized spacial score (nSPS) is 10.9. The van der Waals surface area contributed by atoms with Gasteiger partial charge in [-0.05, 0) is 38.8 Å². The molecule has 33 heavy (non-hydrogen) atoms. The number of aromatic nitrogens is 1. The van der Waals surface area contributed by atoms with Crippen LogP contribution in [0.5, 0.6) is 11.5 Å². The Hall–Kier alpha value is -2.83. The van der Waals surface area contributed by atoms with Crippen molar-refractivity contribution in [1.82, 2.24) is 4.57 Å². The number of nitro benzene ring substituents is 1. The van der Waals surface area contributed by atoms with E-state index in [1.54, 1.807) is 10.6 Å². The Bertz CT molecular complexity index is 1010. The summed E-state index contributed by atoms with van der Waals surface area (Å²) in [6, 6.07) is 4.58. The molecule has 0 atom stereocenters. The maximum absolute atomic E-state index is 13.5. The van der Waals surface area contributed by atoms with Gasteiger partial charge < -0.3 is 14.0 Å². The lowest BCUT2D eigenvalue weighted by molar-refractivity contribution is -0.384. The first-order chi connectivity index (χ1) is 15.9. The topological polar surface area (TPSA) is 83.6 Å². The van der Waals surface area contributed by atoms with Crippen LogP contribution in [0, 0.1) is 10.1 Å². The molecule has 1 heterocycles. The molecule has 0 amide bonds. The van der Waals surface area contributed by atoms with Gasteiger partial charge in [-0.25, -0.2) is 0 Å². The fourth-order valence-electron chi connectivity index (χ4n) is 3.68. The second-order valence-corrected chi connectivity index (χ2v) is 8.64. The summed E-state index contributed by atoms with van der Waals surface area (Å²) in [5.41, 5.74) is 1.27. The number of pyridine rings is 1. The van der Waals surface area contributed by atoms with Crippen LogP contribution in [0.2, 0.25) is 0 Å². The number of fused-ring (bicyclic) bond motifs is 1. The number of rotatable bonds is 15. The molecule has 0 bridgehead atoms. The van der Waals surface area contributed by atoms with Gasteiger partial charge in [0.2, 0.25) is 5.75 Å². The van der Waals surface area contributed by atoms with Gasteiger partial charge in [0, 0.05) is 24.1 Å². The molecule has 0 fully saturated rings. The minimum atomic E-state index is -0.437. The first kappa shape index (κ1) is 26.4. The van der Waals surface area contributed by atoms with E-state index < -0.39 is 4.92 Å². The van der Waals surface area contributed by atoms with Crippen molar-refractivity contribution in [3.63, 3.8) is 0 Å². The van der Waals surface area contributed by atoms with E-state index in [1.165, 1.54) is 12.1 Å². The van der Waals surface area contributed by atoms with E-state index in [0.29, 0.717) is 36.4 Å². The summed E-state index contributed by atoms with van der Waals surface area (Å²) in [7, 11) is 0. The molecule has 0 saturated carbocycles. The molecule has 0 saturated heterocycles. The fraction of sp³-hybridized carbons (Fsp3) is 0.577. The van der Waals surface area contributed by atoms with Crippen molar-refractivity contribution in [3.8, 4) is 11.5 Å². The third-order valence-corrected chi connectivity index (χ3v) is 5.57. The summed E-state index contributed by atoms with van der Waals surface area (Å²) in [6.45, 7) is 9.44. The molecular weight excluding hydrogens is 420 g/mol. The molecule has 2 aromatic rings. The molecule has 0 N–H and O–H groups in total. The Morgan fingerprint density at radius 3 is 2.33 bits per heavy atom. The Kier molecular flexibility index (Phi) is 10.9. The standard InChI is InChI=1S/C26H38N2O5/c1-5-7-9-11-16-27-23-19-21(28(30)31)13-14-22(23)24(33-18-15-20(3)4)25(26(27)29)32-17-12-10-8-6-2/h13-15,19H,5-12,16-18H2,1-4H3. The lowest BCUT2D eigenvalue weighted by Crippen LogP contribution is -2.24. The van der Waals surface area contributed by atoms with Crippen molar-refractivity contribution < 1.29 is 14.4 Å². The Morgan fingerprint density at radius 1 is 1.00 bits per heavy atom. The zero-order valence-electron chi connectivity index (χ0n) is 20.5. The van der Waals surface area contributed by atoms with Crippen LogP contribution < -0.4 is 15.0 Å². The van der Waals surface area contributed by atoms with Gasteiger partial charge in [-0.2, -0.15) is 0 Å². The summed E-state index contributed by atoms with van der Waals surface area (Å²) in [5, 5.41) is 12.1. The van der Waals surface area contributed by atoms with Crippen LogP contribution in [-0.4, -0.2) is 22.7 Å². The second kappa shape index (κ2) is 13.7. The van der Waals surface area contributed by atoms with Crippen molar-refractivity contribution >= 4 is 16.6 Å². The van der Waals surface area contributed by atoms with Crippen molar-refractivity contribution in [2.75, 3.05) is 13.2 Å². The maximum atomic E-state index is 13.5. The van der Waals surface area contributed by atoms with E-state index in [-0.39, 0.29) is 17.0 Å². The number of hydrogen-bond donors (Lipinski definition) is 0. The monoisotopic (exact) mass is 458 g/mol. The number of unbranched alkanes of at least 4 members (excludes halogenated alkanes) is 6. The number of hydrogen-bond acceptors (Lipinski definition) is 5. The van der Waals surface area contributed by atoms with Gasteiger partial charge in [-0.1, -0.05) is 57.9 Å². The molecule has 1 aromatic heterocycles. The summed E-state index contributed by atoms with van der Waals surface area (Å²) in [6.07, 6.45) is 10.0. The van der Waals surface area contributed by atoms with E-state index in [4.69, 9.17) is 9.47 Å². The van der Waals surface area contributed by atoms with Crippen molar-refractivity contribution in [1.29, 1.82) is 0 Å². The van der Waals surface area contributed by atoms with Gasteiger partial charge in [-0.3, -0.25) is 14.9 Å². The number of ether oxygens (including phenoxy) is 2. The van der Waals surface area contributed by atoms with E-state index >= 15 is 0 Å². The summed E-state index contributed by atoms with van der Waals surface area (Å²) in [5.74, 6) is 0.563. The molecule has 0 aliphatic carbocycles. The smallest absolute Gasteiger partial charge is 0.297 e. The number of non-ortho nitro benzene ring substituents is 1. The van der Waals surface area contributed by atoms with Crippen LogP contribution in [0.4, 0.5) is 5.69 Å². The number of nitrogens with zero attached hydrogens (tertiary/aromatic N) is 2. The van der Waals surface area contributed by atoms with Crippen molar-refractivity contribution in [2.45, 2.75) is 85.6 Å². The second-order valence-electron chi connectivity index (χ2n) is 8.64. The summed E-state index contributed by atoms with van der Waals surface area (Å²) >= 11 is 0. The molecule has 0 unspecified atom stereocenters. The lowest BCUT2D eigenvalue weighted by Gasteiger charge is -2.18. The quantitative estimate of drug-likeness (QED) is 0.127. The Balaban J connectivity index is 2.57. The van der Waals surface area contributed by atoms with Crippen LogP contribution >= 0.6 is 0 Å². The number of aryl methyl sites for hydroxylation is 1. The van der Waals surface area contributed by atoms with Gasteiger partial charge >= 0.3 is 0 Å². The molecule has 7 nitrogen and oxygen atoms in total. The molecule has 182 valence electrons. The number of allylic oxidation sites excluding steroid dienone is 1. The SMILES string of the molecule is CCCCCCOc1c(OCC=C(C)C)c2ccc([N+](=O)[O-])cc2n(CCCCCC)c1=O. The molecule has 2 rings (SSSR count). The maximum Gasteiger partial charge on any atom is 0.297 e. The Labute approximate surface area is 196 Å². The lowest BCUT2D eigenvalue weighted by atomic mass is 10.1. The van der Waals surface area contributed by atoms with Gasteiger partial charge in [0.1, 0.15) is 6.61 Å². The van der Waals surface area contributed by atoms with E-state index in [9.17, 15) is 14.9 Å². The van der Waals surface area contributed by atoms with Gasteiger partial charge in [0.15, 0.2) is 5.75 Å². The molecule has 7 heteroatoms. The fourth-order valence-corrected chi connectivity index (χ4v) is 3.68. The molecular formula is C26H38N2O5. The third-order valence-electron chi connectivity index (χ3n) is 5.57. The van der Waals surface area contributed by atoms with Gasteiger partial charge in [0.05, 0.1) is 17.0 Å². The van der Waals surface area contributed by atoms with Crippen molar-refractivity contribution in [3.05, 3.63) is 50.3 Å². The van der Waals surface area contributed by atoms with Crippen LogP contribution in [-0.2, 0) is 6.54 Å². The highest BCUT2D eigenvalue weighted by Crippen LogP contribution is 2.35. The van der Waals surface area contributed by atoms with Gasteiger partial charge in [0.25, 0.3) is 11.2 Å². The highest BCUT2D eigenvalue weighted by atomic mass is 16.6. The first-order valence-electron chi connectivity index (χ1n) is 12.1. The predicted molar refractivity (Wildman–Crippen MR) is 134 cm³/mol. The first-order valence-corrected chi connectivity index (χ1v) is 12.1.